The molecule has 0 aromatic carbocycles. The van der Waals surface area contributed by atoms with Crippen LogP contribution in [0.15, 0.2) is 48.6 Å². The predicted molar refractivity (Wildman–Crippen MR) is 287 cm³/mol. The summed E-state index contributed by atoms with van der Waals surface area (Å²) >= 11 is 0. The molecule has 2 unspecified atom stereocenters. The third-order valence-electron chi connectivity index (χ3n) is 13.1. The topological polar surface area (TPSA) is 95.9 Å². The molecule has 6 heteroatoms. The second-order valence-corrected chi connectivity index (χ2v) is 19.6. The van der Waals surface area contributed by atoms with Crippen molar-refractivity contribution in [3.8, 4) is 0 Å². The Morgan fingerprint density at radius 1 is 0.424 bits per heavy atom. The molecule has 6 nitrogen and oxygen atoms in total. The van der Waals surface area contributed by atoms with Crippen molar-refractivity contribution >= 4 is 11.9 Å². The second kappa shape index (κ2) is 55.4. The molecule has 66 heavy (non-hydrogen) atoms. The molecule has 0 aliphatic rings. The molecular weight excluding hydrogens is 815 g/mol. The van der Waals surface area contributed by atoms with E-state index >= 15 is 0 Å². The van der Waals surface area contributed by atoms with Crippen LogP contribution in [0.4, 0.5) is 0 Å². The number of carbonyl (C=O) groups is 2. The highest BCUT2D eigenvalue weighted by Crippen LogP contribution is 2.16. The van der Waals surface area contributed by atoms with Gasteiger partial charge in [-0.25, -0.2) is 0 Å². The molecule has 0 aromatic rings. The minimum absolute atomic E-state index is 0.0265. The summed E-state index contributed by atoms with van der Waals surface area (Å²) in [6.07, 6.45) is 69.8. The predicted octanol–water partition coefficient (Wildman–Crippen LogP) is 17.8. The summed E-state index contributed by atoms with van der Waals surface area (Å²) in [6, 6.07) is -0.646. The van der Waals surface area contributed by atoms with Gasteiger partial charge in [-0.3, -0.25) is 9.59 Å². The van der Waals surface area contributed by atoms with Crippen LogP contribution in [0.25, 0.3) is 0 Å². The van der Waals surface area contributed by atoms with Crippen molar-refractivity contribution < 1.29 is 24.5 Å². The lowest BCUT2D eigenvalue weighted by atomic mass is 10.0. The number of amides is 1. The zero-order valence-corrected chi connectivity index (χ0v) is 43.9. The molecule has 0 saturated heterocycles. The van der Waals surface area contributed by atoms with Crippen molar-refractivity contribution in [2.75, 3.05) is 13.2 Å². The Balaban J connectivity index is 3.55. The van der Waals surface area contributed by atoms with E-state index in [9.17, 15) is 19.8 Å². The van der Waals surface area contributed by atoms with E-state index in [-0.39, 0.29) is 18.5 Å². The maximum atomic E-state index is 12.5. The largest absolute Gasteiger partial charge is 0.466 e. The van der Waals surface area contributed by atoms with E-state index in [2.05, 4.69) is 55.6 Å². The van der Waals surface area contributed by atoms with E-state index in [1.54, 1.807) is 6.08 Å². The maximum absolute atomic E-state index is 12.5. The summed E-state index contributed by atoms with van der Waals surface area (Å²) in [7, 11) is 0. The number of unbranched alkanes of at least 4 members (excludes halogenated alkanes) is 37. The highest BCUT2D eigenvalue weighted by atomic mass is 16.5. The lowest BCUT2D eigenvalue weighted by Crippen LogP contribution is -2.45. The number of aliphatic hydroxyl groups excluding tert-OH is 2. The molecule has 386 valence electrons. The first-order valence-corrected chi connectivity index (χ1v) is 28.9. The fourth-order valence-electron chi connectivity index (χ4n) is 8.62. The van der Waals surface area contributed by atoms with Crippen LogP contribution in [0.5, 0.6) is 0 Å². The molecule has 0 rings (SSSR count). The van der Waals surface area contributed by atoms with Gasteiger partial charge >= 0.3 is 5.97 Å². The molecule has 0 spiro atoms. The Morgan fingerprint density at radius 3 is 1.17 bits per heavy atom. The minimum atomic E-state index is -0.860. The van der Waals surface area contributed by atoms with Gasteiger partial charge in [-0.15, -0.1) is 0 Å². The average molecular weight is 927 g/mol. The summed E-state index contributed by atoms with van der Waals surface area (Å²) in [5, 5.41) is 23.1. The molecule has 0 aliphatic heterocycles. The van der Waals surface area contributed by atoms with Crippen LogP contribution in [-0.4, -0.2) is 47.4 Å². The Bertz CT molecular complexity index is 1110. The van der Waals surface area contributed by atoms with Crippen LogP contribution >= 0.6 is 0 Å². The minimum Gasteiger partial charge on any atom is -0.466 e. The van der Waals surface area contributed by atoms with Gasteiger partial charge in [0.05, 0.1) is 25.4 Å². The molecule has 0 aromatic heterocycles. The SMILES string of the molecule is CCCCCCCC/C=C\CCCCCCCCCC(=O)OCCCCC/C=C\C=C/CCCCCCCCC(=O)NC(CO)C(O)/C=C/CCCCCCCCCCCCCCCCC. The van der Waals surface area contributed by atoms with Crippen molar-refractivity contribution in [3.63, 3.8) is 0 Å². The summed E-state index contributed by atoms with van der Waals surface area (Å²) in [5.74, 6) is -0.117. The number of carbonyl (C=O) groups excluding carboxylic acids is 2. The molecule has 0 aliphatic carbocycles. The molecule has 0 saturated carbocycles. The van der Waals surface area contributed by atoms with Gasteiger partial charge in [-0.2, -0.15) is 0 Å². The van der Waals surface area contributed by atoms with E-state index in [4.69, 9.17) is 4.74 Å². The number of esters is 1. The fourth-order valence-corrected chi connectivity index (χ4v) is 8.62. The van der Waals surface area contributed by atoms with Crippen molar-refractivity contribution in [2.45, 2.75) is 309 Å². The Hall–Kier alpha value is -2.18. The Morgan fingerprint density at radius 2 is 0.758 bits per heavy atom. The summed E-state index contributed by atoms with van der Waals surface area (Å²) in [4.78, 5) is 24.5. The van der Waals surface area contributed by atoms with Crippen molar-refractivity contribution in [1.29, 1.82) is 0 Å². The Kier molecular flexibility index (Phi) is 53.6. The first-order chi connectivity index (χ1) is 32.5. The second-order valence-electron chi connectivity index (χ2n) is 19.6. The highest BCUT2D eigenvalue weighted by molar-refractivity contribution is 5.76. The van der Waals surface area contributed by atoms with Gasteiger partial charge in [0, 0.05) is 12.8 Å². The number of aliphatic hydroxyl groups is 2. The highest BCUT2D eigenvalue weighted by Gasteiger charge is 2.18. The molecule has 0 heterocycles. The zero-order valence-electron chi connectivity index (χ0n) is 43.9. The van der Waals surface area contributed by atoms with E-state index in [0.29, 0.717) is 19.4 Å². The Labute approximate surface area is 410 Å². The lowest BCUT2D eigenvalue weighted by Gasteiger charge is -2.20. The third-order valence-corrected chi connectivity index (χ3v) is 13.1. The third kappa shape index (κ3) is 51.2. The molecular formula is C60H111NO5. The lowest BCUT2D eigenvalue weighted by molar-refractivity contribution is -0.143. The number of hydrogen-bond acceptors (Lipinski definition) is 5. The molecule has 1 amide bonds. The molecule has 3 N–H and O–H groups in total. The summed E-state index contributed by atoms with van der Waals surface area (Å²) in [6.45, 7) is 4.85. The van der Waals surface area contributed by atoms with Gasteiger partial charge in [0.15, 0.2) is 0 Å². The van der Waals surface area contributed by atoms with Gasteiger partial charge in [0.25, 0.3) is 0 Å². The van der Waals surface area contributed by atoms with Gasteiger partial charge in [0.1, 0.15) is 0 Å². The maximum Gasteiger partial charge on any atom is 0.305 e. The number of ether oxygens (including phenoxy) is 1. The van der Waals surface area contributed by atoms with E-state index in [1.165, 1.54) is 193 Å². The van der Waals surface area contributed by atoms with Gasteiger partial charge in [-0.1, -0.05) is 242 Å². The number of rotatable bonds is 53. The molecule has 0 fully saturated rings. The van der Waals surface area contributed by atoms with Crippen LogP contribution < -0.4 is 5.32 Å². The monoisotopic (exact) mass is 926 g/mol. The van der Waals surface area contributed by atoms with Gasteiger partial charge in [0.2, 0.25) is 5.91 Å². The van der Waals surface area contributed by atoms with Crippen molar-refractivity contribution in [1.82, 2.24) is 5.32 Å². The number of nitrogens with one attached hydrogen (secondary N) is 1. The molecule has 2 atom stereocenters. The summed E-state index contributed by atoms with van der Waals surface area (Å²) < 4.78 is 5.45. The van der Waals surface area contributed by atoms with Crippen molar-refractivity contribution in [3.05, 3.63) is 48.6 Å². The smallest absolute Gasteiger partial charge is 0.305 e. The van der Waals surface area contributed by atoms with Gasteiger partial charge in [-0.05, 0) is 89.9 Å². The fraction of sp³-hybridized carbons (Fsp3) is 0.833. The first-order valence-electron chi connectivity index (χ1n) is 28.9. The van der Waals surface area contributed by atoms with Crippen molar-refractivity contribution in [2.24, 2.45) is 0 Å². The van der Waals surface area contributed by atoms with E-state index < -0.39 is 12.1 Å². The van der Waals surface area contributed by atoms with Crippen LogP contribution in [-0.2, 0) is 14.3 Å². The zero-order chi connectivity index (χ0) is 47.9. The first kappa shape index (κ1) is 63.8. The van der Waals surface area contributed by atoms with E-state index in [0.717, 1.165) is 77.0 Å². The van der Waals surface area contributed by atoms with Crippen LogP contribution in [0, 0.1) is 0 Å². The quantitative estimate of drug-likeness (QED) is 0.0244. The van der Waals surface area contributed by atoms with Crippen LogP contribution in [0.3, 0.4) is 0 Å². The standard InChI is InChI=1S/C60H111NO5/c1-3-5-7-9-11-13-15-17-19-21-24-28-32-36-40-44-48-52-58(63)57(56-62)61-59(64)53-49-45-41-37-33-29-25-23-27-31-35-39-43-47-51-55-66-60(65)54-50-46-42-38-34-30-26-22-20-18-16-14-12-10-8-6-4-2/h18,20,23,27,31,35,48,52,57-58,62-63H,3-17,19,21-22,24-26,28-30,32-34,36-47,49-51,53-56H2,1-2H3,(H,61,64)/b20-18-,27-23-,35-31-,52-48+. The number of allylic oxidation sites excluding steroid dienone is 7. The summed E-state index contributed by atoms with van der Waals surface area (Å²) in [5.41, 5.74) is 0. The average Bonchev–Trinajstić information content (AvgIpc) is 3.32. The number of hydrogen-bond donors (Lipinski definition) is 3. The normalized spacial score (nSPS) is 13.0. The van der Waals surface area contributed by atoms with Gasteiger partial charge < -0.3 is 20.3 Å². The van der Waals surface area contributed by atoms with E-state index in [1.807, 2.05) is 6.08 Å². The van der Waals surface area contributed by atoms with Crippen LogP contribution in [0.1, 0.15) is 296 Å². The van der Waals surface area contributed by atoms with Crippen LogP contribution in [0.2, 0.25) is 0 Å². The molecule has 0 radical (unpaired) electrons. The molecule has 0 bridgehead atoms.